The van der Waals surface area contributed by atoms with Crippen molar-refractivity contribution in [3.05, 3.63) is 35.9 Å². The van der Waals surface area contributed by atoms with Crippen molar-refractivity contribution < 1.29 is 4.79 Å². The Morgan fingerprint density at radius 2 is 2.12 bits per heavy atom. The summed E-state index contributed by atoms with van der Waals surface area (Å²) in [5, 5.41) is 2.75. The molecule has 0 fully saturated rings. The molecule has 3 heteroatoms. The Morgan fingerprint density at radius 1 is 1.41 bits per heavy atom. The molecule has 0 saturated heterocycles. The van der Waals surface area contributed by atoms with Crippen LogP contribution in [0.5, 0.6) is 0 Å². The van der Waals surface area contributed by atoms with Crippen LogP contribution < -0.4 is 11.1 Å². The van der Waals surface area contributed by atoms with E-state index in [0.717, 1.165) is 12.0 Å². The fourth-order valence-electron chi connectivity index (χ4n) is 1.24. The molecule has 0 aliphatic heterocycles. The number of benzene rings is 1. The minimum atomic E-state index is -0.112. The number of carbonyl (C=O) groups is 1. The van der Waals surface area contributed by atoms with Gasteiger partial charge >= 0.3 is 0 Å². The quantitative estimate of drug-likeness (QED) is 0.349. The Kier molecular flexibility index (Phi) is 5.39. The predicted octanol–water partition coefficient (Wildman–Crippen LogP) is 1.81. The van der Waals surface area contributed by atoms with Crippen molar-refractivity contribution in [2.75, 3.05) is 12.3 Å². The Bertz CT molecular complexity index is 427. The maximum Gasteiger partial charge on any atom is 0.243 e. The lowest BCUT2D eigenvalue weighted by Gasteiger charge is -1.99. The second kappa shape index (κ2) is 7.13. The van der Waals surface area contributed by atoms with Gasteiger partial charge in [0.05, 0.1) is 0 Å². The molecule has 3 nitrogen and oxygen atoms in total. The van der Waals surface area contributed by atoms with Gasteiger partial charge in [-0.05, 0) is 30.2 Å². The molecular weight excluding hydrogens is 212 g/mol. The number of terminal acetylenes is 1. The van der Waals surface area contributed by atoms with Gasteiger partial charge in [-0.3, -0.25) is 4.79 Å². The summed E-state index contributed by atoms with van der Waals surface area (Å²) in [6.45, 7) is 0.606. The van der Waals surface area contributed by atoms with Crippen molar-refractivity contribution in [2.24, 2.45) is 0 Å². The van der Waals surface area contributed by atoms with Gasteiger partial charge < -0.3 is 11.1 Å². The lowest BCUT2D eigenvalue weighted by Crippen LogP contribution is -2.21. The highest BCUT2D eigenvalue weighted by molar-refractivity contribution is 5.91. The molecule has 0 spiro atoms. The lowest BCUT2D eigenvalue weighted by atomic mass is 10.2. The SMILES string of the molecule is C#CCCCNC(=O)/C=C/c1ccc(N)cc1. The molecule has 0 aliphatic carbocycles. The van der Waals surface area contributed by atoms with E-state index < -0.39 is 0 Å². The van der Waals surface area contributed by atoms with E-state index in [-0.39, 0.29) is 5.91 Å². The van der Waals surface area contributed by atoms with Crippen molar-refractivity contribution in [2.45, 2.75) is 12.8 Å². The maximum atomic E-state index is 11.4. The van der Waals surface area contributed by atoms with Crippen LogP contribution in [0.1, 0.15) is 18.4 Å². The number of nitrogens with one attached hydrogen (secondary N) is 1. The standard InChI is InChI=1S/C14H16N2O/c1-2-3-4-11-16-14(17)10-7-12-5-8-13(15)9-6-12/h1,5-10H,3-4,11,15H2,(H,16,17)/b10-7+. The molecule has 0 bridgehead atoms. The fourth-order valence-corrected chi connectivity index (χ4v) is 1.24. The van der Waals surface area contributed by atoms with E-state index in [2.05, 4.69) is 11.2 Å². The number of carbonyl (C=O) groups excluding carboxylic acids is 1. The summed E-state index contributed by atoms with van der Waals surface area (Å²) in [6, 6.07) is 7.31. The minimum Gasteiger partial charge on any atom is -0.399 e. The third kappa shape index (κ3) is 5.43. The molecule has 0 aliphatic rings. The summed E-state index contributed by atoms with van der Waals surface area (Å²) in [7, 11) is 0. The number of nitrogens with two attached hydrogens (primary N) is 1. The highest BCUT2D eigenvalue weighted by Gasteiger charge is 1.94. The summed E-state index contributed by atoms with van der Waals surface area (Å²) in [5.41, 5.74) is 7.21. The molecule has 1 aromatic rings. The Labute approximate surface area is 102 Å². The van der Waals surface area contributed by atoms with Crippen molar-refractivity contribution in [3.63, 3.8) is 0 Å². The van der Waals surface area contributed by atoms with Gasteiger partial charge in [-0.15, -0.1) is 12.3 Å². The molecule has 0 aromatic heterocycles. The van der Waals surface area contributed by atoms with Gasteiger partial charge in [0.1, 0.15) is 0 Å². The summed E-state index contributed by atoms with van der Waals surface area (Å²) < 4.78 is 0. The number of hydrogen-bond acceptors (Lipinski definition) is 2. The van der Waals surface area contributed by atoms with E-state index in [1.165, 1.54) is 6.08 Å². The topological polar surface area (TPSA) is 55.1 Å². The van der Waals surface area contributed by atoms with E-state index in [1.54, 1.807) is 18.2 Å². The summed E-state index contributed by atoms with van der Waals surface area (Å²) in [6.07, 6.45) is 9.84. The van der Waals surface area contributed by atoms with E-state index in [1.807, 2.05) is 12.1 Å². The minimum absolute atomic E-state index is 0.112. The summed E-state index contributed by atoms with van der Waals surface area (Å²) >= 11 is 0. The molecule has 1 rings (SSSR count). The Morgan fingerprint density at radius 3 is 2.76 bits per heavy atom. The molecule has 1 aromatic carbocycles. The molecule has 0 atom stereocenters. The zero-order chi connectivity index (χ0) is 12.5. The second-order valence-corrected chi connectivity index (χ2v) is 3.60. The first-order valence-electron chi connectivity index (χ1n) is 5.47. The van der Waals surface area contributed by atoms with Gasteiger partial charge in [-0.1, -0.05) is 12.1 Å². The van der Waals surface area contributed by atoms with E-state index >= 15 is 0 Å². The first-order chi connectivity index (χ1) is 8.22. The van der Waals surface area contributed by atoms with Crippen LogP contribution >= 0.6 is 0 Å². The van der Waals surface area contributed by atoms with Crippen LogP contribution in [0.3, 0.4) is 0 Å². The average Bonchev–Trinajstić information content (AvgIpc) is 2.34. The van der Waals surface area contributed by atoms with Gasteiger partial charge in [0, 0.05) is 24.7 Å². The van der Waals surface area contributed by atoms with Crippen LogP contribution in [-0.2, 0) is 4.79 Å². The smallest absolute Gasteiger partial charge is 0.243 e. The largest absolute Gasteiger partial charge is 0.399 e. The highest BCUT2D eigenvalue weighted by atomic mass is 16.1. The summed E-state index contributed by atoms with van der Waals surface area (Å²) in [5.74, 6) is 2.41. The number of anilines is 1. The van der Waals surface area contributed by atoms with Crippen LogP contribution in [0.25, 0.3) is 6.08 Å². The number of unbranched alkanes of at least 4 members (excludes halogenated alkanes) is 1. The number of rotatable bonds is 5. The van der Waals surface area contributed by atoms with Crippen LogP contribution in [0.4, 0.5) is 5.69 Å². The van der Waals surface area contributed by atoms with Crippen LogP contribution in [0.15, 0.2) is 30.3 Å². The van der Waals surface area contributed by atoms with Crippen molar-refractivity contribution >= 4 is 17.7 Å². The normalized spacial score (nSPS) is 10.1. The monoisotopic (exact) mass is 228 g/mol. The van der Waals surface area contributed by atoms with Gasteiger partial charge in [-0.2, -0.15) is 0 Å². The van der Waals surface area contributed by atoms with Gasteiger partial charge in [-0.25, -0.2) is 0 Å². The van der Waals surface area contributed by atoms with Crippen LogP contribution in [0.2, 0.25) is 0 Å². The maximum absolute atomic E-state index is 11.4. The van der Waals surface area contributed by atoms with Gasteiger partial charge in [0.2, 0.25) is 5.91 Å². The van der Waals surface area contributed by atoms with Crippen molar-refractivity contribution in [3.8, 4) is 12.3 Å². The molecular formula is C14H16N2O. The third-order valence-electron chi connectivity index (χ3n) is 2.16. The molecule has 0 saturated carbocycles. The van der Waals surface area contributed by atoms with Gasteiger partial charge in [0.25, 0.3) is 0 Å². The molecule has 1 amide bonds. The van der Waals surface area contributed by atoms with E-state index in [4.69, 9.17) is 12.2 Å². The molecule has 0 unspecified atom stereocenters. The lowest BCUT2D eigenvalue weighted by molar-refractivity contribution is -0.116. The molecule has 3 N–H and O–H groups in total. The molecule has 0 radical (unpaired) electrons. The number of hydrogen-bond donors (Lipinski definition) is 2. The second-order valence-electron chi connectivity index (χ2n) is 3.60. The van der Waals surface area contributed by atoms with Crippen LogP contribution in [-0.4, -0.2) is 12.5 Å². The third-order valence-corrected chi connectivity index (χ3v) is 2.16. The zero-order valence-corrected chi connectivity index (χ0v) is 9.65. The van der Waals surface area contributed by atoms with E-state index in [0.29, 0.717) is 18.7 Å². The number of amides is 1. The highest BCUT2D eigenvalue weighted by Crippen LogP contribution is 2.06. The van der Waals surface area contributed by atoms with E-state index in [9.17, 15) is 4.79 Å². The Hall–Kier alpha value is -2.21. The fraction of sp³-hybridized carbons (Fsp3) is 0.214. The Balaban J connectivity index is 2.35. The molecule has 0 heterocycles. The molecule has 17 heavy (non-hydrogen) atoms. The zero-order valence-electron chi connectivity index (χ0n) is 9.65. The van der Waals surface area contributed by atoms with Crippen LogP contribution in [0, 0.1) is 12.3 Å². The van der Waals surface area contributed by atoms with Crippen molar-refractivity contribution in [1.82, 2.24) is 5.32 Å². The number of nitrogen functional groups attached to an aromatic ring is 1. The van der Waals surface area contributed by atoms with Crippen molar-refractivity contribution in [1.29, 1.82) is 0 Å². The average molecular weight is 228 g/mol. The summed E-state index contributed by atoms with van der Waals surface area (Å²) in [4.78, 5) is 11.4. The predicted molar refractivity (Wildman–Crippen MR) is 71.0 cm³/mol. The molecule has 88 valence electrons. The van der Waals surface area contributed by atoms with Gasteiger partial charge in [0.15, 0.2) is 0 Å². The first-order valence-corrected chi connectivity index (χ1v) is 5.47. The first kappa shape index (κ1) is 12.9.